The van der Waals surface area contributed by atoms with Crippen molar-refractivity contribution in [1.82, 2.24) is 4.90 Å². The molecule has 2 aromatic rings. The van der Waals surface area contributed by atoms with Crippen molar-refractivity contribution in [2.75, 3.05) is 52.3 Å². The Morgan fingerprint density at radius 3 is 2.45 bits per heavy atom. The minimum absolute atomic E-state index is 0.236. The number of rotatable bonds is 4. The molecule has 0 bridgehead atoms. The number of fused-ring (bicyclic) bond motifs is 1. The summed E-state index contributed by atoms with van der Waals surface area (Å²) in [5.74, 6) is 1.40. The smallest absolute Gasteiger partial charge is 0.319 e. The van der Waals surface area contributed by atoms with E-state index in [2.05, 4.69) is 29.0 Å². The predicted octanol–water partition coefficient (Wildman–Crippen LogP) is 3.09. The van der Waals surface area contributed by atoms with Crippen molar-refractivity contribution in [3.63, 3.8) is 0 Å². The molecule has 0 N–H and O–H groups in total. The van der Waals surface area contributed by atoms with Gasteiger partial charge >= 0.3 is 5.97 Å². The summed E-state index contributed by atoms with van der Waals surface area (Å²) in [5.41, 5.74) is 3.01. The van der Waals surface area contributed by atoms with Crippen LogP contribution in [-0.2, 0) is 11.2 Å². The molecule has 2 aliphatic heterocycles. The van der Waals surface area contributed by atoms with Crippen LogP contribution in [-0.4, -0.2) is 58.3 Å². The van der Waals surface area contributed by atoms with Crippen LogP contribution in [0.2, 0.25) is 0 Å². The largest absolute Gasteiger partial charge is 0.497 e. The zero-order valence-corrected chi connectivity index (χ0v) is 17.3. The van der Waals surface area contributed by atoms with Crippen molar-refractivity contribution in [2.24, 2.45) is 0 Å². The average Bonchev–Trinajstić information content (AvgIpc) is 2.96. The molecule has 154 valence electrons. The van der Waals surface area contributed by atoms with Gasteiger partial charge in [0.2, 0.25) is 0 Å². The number of methoxy groups -OCH3 is 2. The molecule has 29 heavy (non-hydrogen) atoms. The Balaban J connectivity index is 1.58. The lowest BCUT2D eigenvalue weighted by Crippen LogP contribution is -2.29. The normalized spacial score (nSPS) is 19.9. The standard InChI is InChI=1S/C23H28N2O4/c1-24-7-4-8-25(10-9-24)18-6-5-16-13-21(23(26)29-22(16)14-18)17-11-19(27-2)15-20(12-17)28-3/h5-6,11-12,14-15,21H,4,7-10,13H2,1-3H3. The summed E-state index contributed by atoms with van der Waals surface area (Å²) >= 11 is 0. The molecule has 0 saturated carbocycles. The van der Waals surface area contributed by atoms with Crippen molar-refractivity contribution in [3.8, 4) is 17.2 Å². The summed E-state index contributed by atoms with van der Waals surface area (Å²) < 4.78 is 16.5. The van der Waals surface area contributed by atoms with Gasteiger partial charge in [-0.3, -0.25) is 4.79 Å². The third-order valence-electron chi connectivity index (χ3n) is 5.83. The molecule has 6 heteroatoms. The first-order valence-electron chi connectivity index (χ1n) is 10.1. The number of ether oxygens (including phenoxy) is 3. The van der Waals surface area contributed by atoms with E-state index < -0.39 is 0 Å². The number of nitrogens with zero attached hydrogens (tertiary/aromatic N) is 2. The van der Waals surface area contributed by atoms with E-state index in [4.69, 9.17) is 14.2 Å². The van der Waals surface area contributed by atoms with Gasteiger partial charge in [-0.05, 0) is 55.8 Å². The summed E-state index contributed by atoms with van der Waals surface area (Å²) in [6.07, 6.45) is 1.74. The highest BCUT2D eigenvalue weighted by Gasteiger charge is 2.31. The first-order valence-corrected chi connectivity index (χ1v) is 10.1. The van der Waals surface area contributed by atoms with Crippen molar-refractivity contribution >= 4 is 11.7 Å². The first-order chi connectivity index (χ1) is 14.1. The second-order valence-corrected chi connectivity index (χ2v) is 7.76. The molecule has 2 aromatic carbocycles. The van der Waals surface area contributed by atoms with E-state index in [0.717, 1.165) is 49.4 Å². The third-order valence-corrected chi connectivity index (χ3v) is 5.83. The molecule has 1 saturated heterocycles. The van der Waals surface area contributed by atoms with E-state index in [1.807, 2.05) is 18.2 Å². The molecule has 1 fully saturated rings. The van der Waals surface area contributed by atoms with Crippen molar-refractivity contribution in [1.29, 1.82) is 0 Å². The molecule has 1 unspecified atom stereocenters. The van der Waals surface area contributed by atoms with Gasteiger partial charge in [0.1, 0.15) is 17.2 Å². The fourth-order valence-electron chi connectivity index (χ4n) is 4.08. The molecule has 2 aliphatic rings. The molecular formula is C23H28N2O4. The molecule has 0 radical (unpaired) electrons. The molecule has 1 atom stereocenters. The molecule has 0 aliphatic carbocycles. The van der Waals surface area contributed by atoms with Crippen LogP contribution in [0.1, 0.15) is 23.5 Å². The van der Waals surface area contributed by atoms with Crippen LogP contribution in [0.25, 0.3) is 0 Å². The molecule has 4 rings (SSSR count). The van der Waals surface area contributed by atoms with Gasteiger partial charge in [0.25, 0.3) is 0 Å². The van der Waals surface area contributed by atoms with Gasteiger partial charge in [-0.1, -0.05) is 6.07 Å². The molecule has 2 heterocycles. The number of carbonyl (C=O) groups is 1. The minimum atomic E-state index is -0.371. The van der Waals surface area contributed by atoms with Gasteiger partial charge in [-0.25, -0.2) is 0 Å². The number of likely N-dealkylation sites (N-methyl/N-ethyl adjacent to an activating group) is 1. The maximum absolute atomic E-state index is 12.8. The molecule has 0 aromatic heterocycles. The topological polar surface area (TPSA) is 51.2 Å². The molecule has 6 nitrogen and oxygen atoms in total. The maximum atomic E-state index is 12.8. The summed E-state index contributed by atoms with van der Waals surface area (Å²) in [6.45, 7) is 4.15. The monoisotopic (exact) mass is 396 g/mol. The van der Waals surface area contributed by atoms with Gasteiger partial charge in [0, 0.05) is 37.5 Å². The second kappa shape index (κ2) is 8.33. The number of hydrogen-bond donors (Lipinski definition) is 0. The molecule has 0 amide bonds. The second-order valence-electron chi connectivity index (χ2n) is 7.76. The highest BCUT2D eigenvalue weighted by Crippen LogP contribution is 2.38. The number of hydrogen-bond acceptors (Lipinski definition) is 6. The lowest BCUT2D eigenvalue weighted by molar-refractivity contribution is -0.137. The van der Waals surface area contributed by atoms with Crippen molar-refractivity contribution in [2.45, 2.75) is 18.8 Å². The van der Waals surface area contributed by atoms with Gasteiger partial charge < -0.3 is 24.0 Å². The first kappa shape index (κ1) is 19.6. The SMILES string of the molecule is COc1cc(OC)cc(C2Cc3ccc(N4CCCN(C)CC4)cc3OC2=O)c1. The van der Waals surface area contributed by atoms with Gasteiger partial charge in [0.05, 0.1) is 20.1 Å². The van der Waals surface area contributed by atoms with E-state index in [1.54, 1.807) is 20.3 Å². The van der Waals surface area contributed by atoms with Crippen LogP contribution >= 0.6 is 0 Å². The Labute approximate surface area is 172 Å². The van der Waals surface area contributed by atoms with Crippen LogP contribution < -0.4 is 19.1 Å². The van der Waals surface area contributed by atoms with Crippen LogP contribution in [0.15, 0.2) is 36.4 Å². The van der Waals surface area contributed by atoms with Crippen LogP contribution in [0.5, 0.6) is 17.2 Å². The average molecular weight is 396 g/mol. The third kappa shape index (κ3) is 4.17. The molecule has 0 spiro atoms. The van der Waals surface area contributed by atoms with E-state index >= 15 is 0 Å². The van der Waals surface area contributed by atoms with E-state index in [1.165, 1.54) is 0 Å². The lowest BCUT2D eigenvalue weighted by atomic mass is 9.89. The Kier molecular flexibility index (Phi) is 5.62. The minimum Gasteiger partial charge on any atom is -0.497 e. The van der Waals surface area contributed by atoms with E-state index in [0.29, 0.717) is 23.7 Å². The van der Waals surface area contributed by atoms with Crippen LogP contribution in [0, 0.1) is 0 Å². The number of carbonyl (C=O) groups excluding carboxylic acids is 1. The van der Waals surface area contributed by atoms with Crippen molar-refractivity contribution < 1.29 is 19.0 Å². The van der Waals surface area contributed by atoms with E-state index in [-0.39, 0.29) is 11.9 Å². The van der Waals surface area contributed by atoms with Crippen molar-refractivity contribution in [3.05, 3.63) is 47.5 Å². The summed E-state index contributed by atoms with van der Waals surface area (Å²) in [4.78, 5) is 17.5. The lowest BCUT2D eigenvalue weighted by Gasteiger charge is -2.27. The molecular weight excluding hydrogens is 368 g/mol. The van der Waals surface area contributed by atoms with Gasteiger partial charge in [-0.2, -0.15) is 0 Å². The predicted molar refractivity (Wildman–Crippen MR) is 112 cm³/mol. The number of anilines is 1. The summed E-state index contributed by atoms with van der Waals surface area (Å²) in [7, 11) is 5.37. The Morgan fingerprint density at radius 1 is 0.966 bits per heavy atom. The van der Waals surface area contributed by atoms with Crippen LogP contribution in [0.4, 0.5) is 5.69 Å². The number of benzene rings is 2. The fourth-order valence-corrected chi connectivity index (χ4v) is 4.08. The zero-order valence-electron chi connectivity index (χ0n) is 17.3. The summed E-state index contributed by atoms with van der Waals surface area (Å²) in [5, 5.41) is 0. The Hall–Kier alpha value is -2.73. The highest BCUT2D eigenvalue weighted by molar-refractivity contribution is 5.84. The summed E-state index contributed by atoms with van der Waals surface area (Å²) in [6, 6.07) is 11.8. The van der Waals surface area contributed by atoms with Crippen LogP contribution in [0.3, 0.4) is 0 Å². The fraction of sp³-hybridized carbons (Fsp3) is 0.435. The number of esters is 1. The highest BCUT2D eigenvalue weighted by atomic mass is 16.5. The maximum Gasteiger partial charge on any atom is 0.319 e. The van der Waals surface area contributed by atoms with E-state index in [9.17, 15) is 4.79 Å². The van der Waals surface area contributed by atoms with Gasteiger partial charge in [-0.15, -0.1) is 0 Å². The Bertz CT molecular complexity index is 876. The quantitative estimate of drug-likeness (QED) is 0.585. The zero-order chi connectivity index (χ0) is 20.4. The van der Waals surface area contributed by atoms with Gasteiger partial charge in [0.15, 0.2) is 0 Å². The Morgan fingerprint density at radius 2 is 1.72 bits per heavy atom.